The van der Waals surface area contributed by atoms with E-state index in [0.29, 0.717) is 0 Å². The van der Waals surface area contributed by atoms with Gasteiger partial charge in [0.05, 0.1) is 11.1 Å². The Hall–Kier alpha value is -4.88. The molecule has 0 N–H and O–H groups in total. The molecule has 0 spiro atoms. The van der Waals surface area contributed by atoms with Crippen LogP contribution in [-0.2, 0) is 11.0 Å². The molecule has 6 rings (SSSR count). The minimum atomic E-state index is -0.634. The monoisotopic (exact) mass is 599 g/mol. The molecule has 0 aromatic heterocycles. The molecule has 1 aliphatic rings. The fourth-order valence-corrected chi connectivity index (χ4v) is 7.32. The Kier molecular flexibility index (Phi) is 9.79. The highest BCUT2D eigenvalue weighted by molar-refractivity contribution is 6.08. The first-order chi connectivity index (χ1) is 22.8. The van der Waals surface area contributed by atoms with Crippen LogP contribution < -0.4 is 4.90 Å². The number of unbranched alkanes of at least 4 members (excludes halogenated alkanes) is 3. The minimum Gasteiger partial charge on any atom is -0.325 e. The van der Waals surface area contributed by atoms with Crippen molar-refractivity contribution in [2.75, 3.05) is 4.90 Å². The van der Waals surface area contributed by atoms with Gasteiger partial charge in [-0.05, 0) is 47.2 Å². The fourth-order valence-electron chi connectivity index (χ4n) is 7.32. The Labute approximate surface area is 276 Å². The van der Waals surface area contributed by atoms with Crippen molar-refractivity contribution in [2.24, 2.45) is 0 Å². The van der Waals surface area contributed by atoms with Crippen LogP contribution in [0.15, 0.2) is 176 Å². The van der Waals surface area contributed by atoms with Gasteiger partial charge in [0.15, 0.2) is 0 Å². The second-order valence-corrected chi connectivity index (χ2v) is 12.2. The summed E-state index contributed by atoms with van der Waals surface area (Å²) >= 11 is 0. The van der Waals surface area contributed by atoms with E-state index >= 15 is 0 Å². The number of hydrogen-bond donors (Lipinski definition) is 0. The second-order valence-electron chi connectivity index (χ2n) is 12.2. The minimum absolute atomic E-state index is 0.587. The molecule has 0 radical (unpaired) electrons. The maximum atomic E-state index is 2.66. The van der Waals surface area contributed by atoms with Gasteiger partial charge in [-0.3, -0.25) is 0 Å². The maximum absolute atomic E-state index is 2.66. The fraction of sp³-hybridized carbons (Fsp3) is 0.200. The first kappa shape index (κ1) is 31.1. The van der Waals surface area contributed by atoms with E-state index in [0.717, 1.165) is 32.1 Å². The third-order valence-corrected chi connectivity index (χ3v) is 9.28. The summed E-state index contributed by atoms with van der Waals surface area (Å²) < 4.78 is 0. The van der Waals surface area contributed by atoms with E-state index in [1.807, 2.05) is 0 Å². The number of nitrogens with zero attached hydrogens (tertiary/aromatic N) is 1. The topological polar surface area (TPSA) is 3.24 Å². The maximum Gasteiger partial charge on any atom is 0.106 e. The smallest absolute Gasteiger partial charge is 0.106 e. The molecule has 0 saturated heterocycles. The van der Waals surface area contributed by atoms with Crippen LogP contribution in [0.1, 0.15) is 68.2 Å². The number of allylic oxidation sites excluding steroid dienone is 2. The second kappa shape index (κ2) is 14.5. The van der Waals surface area contributed by atoms with Crippen LogP contribution in [-0.4, -0.2) is 0 Å². The summed E-state index contributed by atoms with van der Waals surface area (Å²) in [5.41, 5.74) is 7.45. The van der Waals surface area contributed by atoms with Crippen molar-refractivity contribution >= 4 is 17.0 Å². The van der Waals surface area contributed by atoms with Crippen LogP contribution in [0.2, 0.25) is 0 Å². The summed E-state index contributed by atoms with van der Waals surface area (Å²) in [6, 6.07) is 55.6. The Bertz CT molecular complexity index is 1750. The molecule has 46 heavy (non-hydrogen) atoms. The quantitative estimate of drug-likeness (QED) is 0.102. The SMILES string of the molecule is CCCC=CC1(c2ccccc2)N(c2ccccc2)C(c2ccccc2)=C(c2ccccc2)C1(C=CCCCC)c1ccccc1. The number of anilines is 1. The van der Waals surface area contributed by atoms with E-state index in [-0.39, 0.29) is 0 Å². The molecule has 1 heteroatoms. The highest BCUT2D eigenvalue weighted by Crippen LogP contribution is 2.65. The van der Waals surface area contributed by atoms with E-state index in [1.165, 1.54) is 39.2 Å². The van der Waals surface area contributed by atoms with Gasteiger partial charge in [0.1, 0.15) is 5.54 Å². The largest absolute Gasteiger partial charge is 0.325 e. The number of benzene rings is 5. The molecular weight excluding hydrogens is 555 g/mol. The van der Waals surface area contributed by atoms with Crippen molar-refractivity contribution < 1.29 is 0 Å². The first-order valence-corrected chi connectivity index (χ1v) is 16.9. The van der Waals surface area contributed by atoms with Gasteiger partial charge in [-0.1, -0.05) is 197 Å². The van der Waals surface area contributed by atoms with Gasteiger partial charge in [0.25, 0.3) is 0 Å². The van der Waals surface area contributed by atoms with Gasteiger partial charge in [0, 0.05) is 11.3 Å². The van der Waals surface area contributed by atoms with Crippen LogP contribution in [0, 0.1) is 0 Å². The molecule has 5 aromatic carbocycles. The van der Waals surface area contributed by atoms with Gasteiger partial charge in [0.2, 0.25) is 0 Å². The average Bonchev–Trinajstić information content (AvgIpc) is 3.40. The highest BCUT2D eigenvalue weighted by Gasteiger charge is 2.63. The first-order valence-electron chi connectivity index (χ1n) is 16.9. The van der Waals surface area contributed by atoms with Crippen molar-refractivity contribution in [1.29, 1.82) is 0 Å². The van der Waals surface area contributed by atoms with Crippen LogP contribution in [0.3, 0.4) is 0 Å². The molecule has 0 saturated carbocycles. The van der Waals surface area contributed by atoms with Gasteiger partial charge in [-0.15, -0.1) is 0 Å². The van der Waals surface area contributed by atoms with Gasteiger partial charge < -0.3 is 4.90 Å². The van der Waals surface area contributed by atoms with Gasteiger partial charge in [-0.25, -0.2) is 0 Å². The van der Waals surface area contributed by atoms with E-state index in [1.54, 1.807) is 0 Å². The number of rotatable bonds is 12. The van der Waals surface area contributed by atoms with Crippen LogP contribution in [0.4, 0.5) is 5.69 Å². The standard InChI is InChI=1S/C45H45N/c1-3-5-7-24-35-44(39-29-17-10-18-30-39)42(37-25-13-8-14-26-37)43(38-27-15-9-16-28-38)46(41-33-21-12-22-34-41)45(44,36-23-6-4-2)40-31-19-11-20-32-40/h8-36H,3-7H2,1-2H3. The van der Waals surface area contributed by atoms with Crippen molar-refractivity contribution in [3.8, 4) is 0 Å². The molecule has 2 atom stereocenters. The molecule has 5 aromatic rings. The van der Waals surface area contributed by atoms with E-state index in [2.05, 4.69) is 195 Å². The Morgan fingerprint density at radius 2 is 1.00 bits per heavy atom. The molecule has 0 fully saturated rings. The average molecular weight is 600 g/mol. The molecular formula is C45H45N. The van der Waals surface area contributed by atoms with Gasteiger partial charge in [-0.2, -0.15) is 0 Å². The molecule has 1 nitrogen and oxygen atoms in total. The molecule has 0 aliphatic carbocycles. The van der Waals surface area contributed by atoms with Crippen LogP contribution >= 0.6 is 0 Å². The molecule has 2 unspecified atom stereocenters. The predicted molar refractivity (Wildman–Crippen MR) is 198 cm³/mol. The summed E-state index contributed by atoms with van der Waals surface area (Å²) in [6.07, 6.45) is 15.4. The van der Waals surface area contributed by atoms with E-state index < -0.39 is 11.0 Å². The van der Waals surface area contributed by atoms with E-state index in [4.69, 9.17) is 0 Å². The molecule has 1 aliphatic heterocycles. The third kappa shape index (κ3) is 5.56. The summed E-state index contributed by atoms with van der Waals surface area (Å²) in [4.78, 5) is 2.66. The third-order valence-electron chi connectivity index (χ3n) is 9.28. The lowest BCUT2D eigenvalue weighted by Crippen LogP contribution is -2.53. The zero-order valence-electron chi connectivity index (χ0n) is 27.2. The summed E-state index contributed by atoms with van der Waals surface area (Å²) in [6.45, 7) is 4.54. The lowest BCUT2D eigenvalue weighted by molar-refractivity contribution is 0.433. The van der Waals surface area contributed by atoms with Crippen LogP contribution in [0.5, 0.6) is 0 Å². The zero-order valence-corrected chi connectivity index (χ0v) is 27.2. The summed E-state index contributed by atoms with van der Waals surface area (Å²) in [5.74, 6) is 0. The summed E-state index contributed by atoms with van der Waals surface area (Å²) in [5, 5.41) is 0. The van der Waals surface area contributed by atoms with Crippen molar-refractivity contribution in [3.05, 3.63) is 198 Å². The Morgan fingerprint density at radius 1 is 0.500 bits per heavy atom. The van der Waals surface area contributed by atoms with Crippen molar-refractivity contribution in [3.63, 3.8) is 0 Å². The lowest BCUT2D eigenvalue weighted by atomic mass is 9.58. The van der Waals surface area contributed by atoms with Crippen molar-refractivity contribution in [2.45, 2.75) is 56.9 Å². The Balaban J connectivity index is 1.89. The number of para-hydroxylation sites is 1. The molecule has 0 amide bonds. The predicted octanol–water partition coefficient (Wildman–Crippen LogP) is 12.0. The van der Waals surface area contributed by atoms with Crippen molar-refractivity contribution in [1.82, 2.24) is 0 Å². The molecule has 0 bridgehead atoms. The number of hydrogen-bond acceptors (Lipinski definition) is 1. The molecule has 1 heterocycles. The van der Waals surface area contributed by atoms with E-state index in [9.17, 15) is 0 Å². The zero-order chi connectivity index (χ0) is 31.7. The summed E-state index contributed by atoms with van der Waals surface area (Å²) in [7, 11) is 0. The normalized spacial score (nSPS) is 19.8. The van der Waals surface area contributed by atoms with Gasteiger partial charge >= 0.3 is 0 Å². The Morgan fingerprint density at radius 3 is 1.57 bits per heavy atom. The highest BCUT2D eigenvalue weighted by atomic mass is 15.3. The van der Waals surface area contributed by atoms with Crippen LogP contribution in [0.25, 0.3) is 11.3 Å². The lowest BCUT2D eigenvalue weighted by Gasteiger charge is -2.50. The molecule has 230 valence electrons.